The van der Waals surface area contributed by atoms with E-state index >= 15 is 0 Å². The maximum atomic E-state index is 4.47. The first-order valence-corrected chi connectivity index (χ1v) is 8.39. The number of rotatable bonds is 7. The molecular weight excluding hydrogens is 310 g/mol. The van der Waals surface area contributed by atoms with Gasteiger partial charge in [0.25, 0.3) is 0 Å². The Balaban J connectivity index is 2.93. The van der Waals surface area contributed by atoms with Crippen molar-refractivity contribution in [2.75, 3.05) is 12.3 Å². The lowest BCUT2D eigenvalue weighted by atomic mass is 10.2. The molecule has 1 N–H and O–H groups in total. The largest absolute Gasteiger partial charge is 0.308 e. The van der Waals surface area contributed by atoms with Crippen molar-refractivity contribution in [3.05, 3.63) is 16.4 Å². The van der Waals surface area contributed by atoms with Gasteiger partial charge in [-0.25, -0.2) is 0 Å². The highest BCUT2D eigenvalue weighted by atomic mass is 79.9. The van der Waals surface area contributed by atoms with Crippen LogP contribution in [0, 0.1) is 0 Å². The van der Waals surface area contributed by atoms with Gasteiger partial charge in [-0.2, -0.15) is 16.9 Å². The SMILES string of the molecule is CCNC(CSC(C)C)c1c(Br)cnn1C(C)C. The summed E-state index contributed by atoms with van der Waals surface area (Å²) in [6.07, 6.45) is 1.90. The molecule has 0 aliphatic rings. The number of hydrogen-bond donors (Lipinski definition) is 1. The molecule has 1 aromatic rings. The van der Waals surface area contributed by atoms with Crippen molar-refractivity contribution in [1.29, 1.82) is 0 Å². The van der Waals surface area contributed by atoms with Gasteiger partial charge in [0.2, 0.25) is 0 Å². The molecule has 1 aromatic heterocycles. The maximum absolute atomic E-state index is 4.47. The summed E-state index contributed by atoms with van der Waals surface area (Å²) < 4.78 is 3.21. The van der Waals surface area contributed by atoms with Crippen molar-refractivity contribution in [1.82, 2.24) is 15.1 Å². The second-order valence-electron chi connectivity index (χ2n) is 4.91. The molecule has 1 heterocycles. The molecule has 1 unspecified atom stereocenters. The van der Waals surface area contributed by atoms with E-state index in [4.69, 9.17) is 0 Å². The van der Waals surface area contributed by atoms with Crippen LogP contribution >= 0.6 is 27.7 Å². The van der Waals surface area contributed by atoms with E-state index in [1.54, 1.807) is 0 Å². The van der Waals surface area contributed by atoms with Gasteiger partial charge in [0.05, 0.1) is 22.4 Å². The summed E-state index contributed by atoms with van der Waals surface area (Å²) in [4.78, 5) is 0. The zero-order chi connectivity index (χ0) is 13.7. The Bertz CT molecular complexity index is 363. The van der Waals surface area contributed by atoms with E-state index in [1.165, 1.54) is 5.69 Å². The second-order valence-corrected chi connectivity index (χ2v) is 7.37. The summed E-state index contributed by atoms with van der Waals surface area (Å²) in [5.41, 5.74) is 1.26. The van der Waals surface area contributed by atoms with Gasteiger partial charge in [-0.1, -0.05) is 20.8 Å². The number of nitrogens with one attached hydrogen (secondary N) is 1. The summed E-state index contributed by atoms with van der Waals surface area (Å²) in [5.74, 6) is 1.07. The van der Waals surface area contributed by atoms with Gasteiger partial charge >= 0.3 is 0 Å². The Morgan fingerprint density at radius 2 is 2.06 bits per heavy atom. The molecule has 0 radical (unpaired) electrons. The van der Waals surface area contributed by atoms with E-state index in [0.29, 0.717) is 17.3 Å². The Morgan fingerprint density at radius 1 is 1.39 bits per heavy atom. The van der Waals surface area contributed by atoms with E-state index in [2.05, 4.69) is 65.6 Å². The highest BCUT2D eigenvalue weighted by Gasteiger charge is 2.21. The van der Waals surface area contributed by atoms with Crippen LogP contribution in [0.25, 0.3) is 0 Å². The van der Waals surface area contributed by atoms with E-state index < -0.39 is 0 Å². The van der Waals surface area contributed by atoms with Crippen LogP contribution in [-0.2, 0) is 0 Å². The molecule has 0 spiro atoms. The Hall–Kier alpha value is 0. The molecule has 0 fully saturated rings. The van der Waals surface area contributed by atoms with Crippen LogP contribution in [0.15, 0.2) is 10.7 Å². The molecule has 0 saturated heterocycles. The van der Waals surface area contributed by atoms with E-state index in [9.17, 15) is 0 Å². The highest BCUT2D eigenvalue weighted by molar-refractivity contribution is 9.10. The number of hydrogen-bond acceptors (Lipinski definition) is 3. The van der Waals surface area contributed by atoms with Crippen molar-refractivity contribution in [3.8, 4) is 0 Å². The molecule has 0 aromatic carbocycles. The second kappa shape index (κ2) is 7.56. The van der Waals surface area contributed by atoms with E-state index in [0.717, 1.165) is 16.8 Å². The van der Waals surface area contributed by atoms with Crippen LogP contribution in [0.2, 0.25) is 0 Å². The van der Waals surface area contributed by atoms with Crippen LogP contribution in [0.3, 0.4) is 0 Å². The standard InChI is InChI=1S/C13H24BrN3S/c1-6-15-12(8-18-10(4)5)13-11(14)7-16-17(13)9(2)3/h7,9-10,12,15H,6,8H2,1-5H3. The lowest BCUT2D eigenvalue weighted by Crippen LogP contribution is -2.27. The molecule has 0 bridgehead atoms. The topological polar surface area (TPSA) is 29.9 Å². The molecule has 18 heavy (non-hydrogen) atoms. The van der Waals surface area contributed by atoms with E-state index in [1.807, 2.05) is 18.0 Å². The average molecular weight is 334 g/mol. The normalized spacial score (nSPS) is 13.6. The minimum absolute atomic E-state index is 0.349. The average Bonchev–Trinajstić information content (AvgIpc) is 2.66. The number of halogens is 1. The summed E-state index contributed by atoms with van der Waals surface area (Å²) in [7, 11) is 0. The van der Waals surface area contributed by atoms with Crippen molar-refractivity contribution >= 4 is 27.7 Å². The van der Waals surface area contributed by atoms with Gasteiger partial charge in [0, 0.05) is 11.8 Å². The third-order valence-electron chi connectivity index (χ3n) is 2.65. The molecule has 3 nitrogen and oxygen atoms in total. The van der Waals surface area contributed by atoms with Gasteiger partial charge in [0.15, 0.2) is 0 Å². The fourth-order valence-electron chi connectivity index (χ4n) is 1.86. The molecule has 5 heteroatoms. The van der Waals surface area contributed by atoms with Gasteiger partial charge in [-0.15, -0.1) is 0 Å². The zero-order valence-corrected chi connectivity index (χ0v) is 14.3. The van der Waals surface area contributed by atoms with E-state index in [-0.39, 0.29) is 0 Å². The molecule has 104 valence electrons. The quantitative estimate of drug-likeness (QED) is 0.817. The Kier molecular flexibility index (Phi) is 6.74. The fraction of sp³-hybridized carbons (Fsp3) is 0.769. The minimum atomic E-state index is 0.349. The first kappa shape index (κ1) is 16.1. The zero-order valence-electron chi connectivity index (χ0n) is 11.9. The van der Waals surface area contributed by atoms with Crippen LogP contribution in [0.1, 0.15) is 52.4 Å². The van der Waals surface area contributed by atoms with Crippen molar-refractivity contribution in [3.63, 3.8) is 0 Å². The highest BCUT2D eigenvalue weighted by Crippen LogP contribution is 2.29. The number of thioether (sulfide) groups is 1. The molecule has 1 rings (SSSR count). The van der Waals surface area contributed by atoms with Crippen LogP contribution in [-0.4, -0.2) is 27.3 Å². The molecular formula is C13H24BrN3S. The lowest BCUT2D eigenvalue weighted by Gasteiger charge is -2.22. The smallest absolute Gasteiger partial charge is 0.0707 e. The minimum Gasteiger partial charge on any atom is -0.308 e. The lowest BCUT2D eigenvalue weighted by molar-refractivity contribution is 0.467. The maximum Gasteiger partial charge on any atom is 0.0707 e. The molecule has 0 aliphatic carbocycles. The summed E-state index contributed by atoms with van der Waals surface area (Å²) in [6, 6.07) is 0.734. The van der Waals surface area contributed by atoms with Gasteiger partial charge in [-0.3, -0.25) is 4.68 Å². The predicted octanol–water partition coefficient (Wildman–Crippen LogP) is 4.02. The monoisotopic (exact) mass is 333 g/mol. The molecule has 0 saturated carbocycles. The third kappa shape index (κ3) is 4.28. The van der Waals surface area contributed by atoms with Gasteiger partial charge in [-0.05, 0) is 41.6 Å². The van der Waals surface area contributed by atoms with Crippen LogP contribution in [0.5, 0.6) is 0 Å². The van der Waals surface area contributed by atoms with Crippen molar-refractivity contribution in [2.24, 2.45) is 0 Å². The summed E-state index contributed by atoms with van der Waals surface area (Å²) in [6.45, 7) is 11.9. The summed E-state index contributed by atoms with van der Waals surface area (Å²) in [5, 5.41) is 8.68. The Morgan fingerprint density at radius 3 is 2.56 bits per heavy atom. The number of nitrogens with zero attached hydrogens (tertiary/aromatic N) is 2. The first-order valence-electron chi connectivity index (χ1n) is 6.55. The van der Waals surface area contributed by atoms with Crippen LogP contribution in [0.4, 0.5) is 0 Å². The molecule has 0 amide bonds. The Labute approximate surface area is 123 Å². The van der Waals surface area contributed by atoms with Crippen molar-refractivity contribution in [2.45, 2.75) is 52.0 Å². The summed E-state index contributed by atoms with van der Waals surface area (Å²) >= 11 is 5.61. The van der Waals surface area contributed by atoms with Gasteiger partial charge in [0.1, 0.15) is 0 Å². The third-order valence-corrected chi connectivity index (χ3v) is 4.46. The van der Waals surface area contributed by atoms with Crippen LogP contribution < -0.4 is 5.32 Å². The fourth-order valence-corrected chi connectivity index (χ4v) is 3.26. The van der Waals surface area contributed by atoms with Crippen molar-refractivity contribution < 1.29 is 0 Å². The predicted molar refractivity (Wildman–Crippen MR) is 84.3 cm³/mol. The molecule has 0 aliphatic heterocycles. The molecule has 1 atom stereocenters. The first-order chi connectivity index (χ1) is 8.47. The number of aromatic nitrogens is 2. The van der Waals surface area contributed by atoms with Gasteiger partial charge < -0.3 is 5.32 Å².